The van der Waals surface area contributed by atoms with Gasteiger partial charge in [-0.25, -0.2) is 0 Å². The summed E-state index contributed by atoms with van der Waals surface area (Å²) in [5, 5.41) is 0. The fourth-order valence-corrected chi connectivity index (χ4v) is 2.60. The monoisotopic (exact) mass is 245 g/mol. The molecule has 0 unspecified atom stereocenters. The summed E-state index contributed by atoms with van der Waals surface area (Å²) in [6.45, 7) is 12.9. The van der Waals surface area contributed by atoms with Crippen LogP contribution in [0.2, 0.25) is 0 Å². The highest BCUT2D eigenvalue weighted by Crippen LogP contribution is 2.30. The van der Waals surface area contributed by atoms with Crippen molar-refractivity contribution >= 4 is 6.08 Å². The molecule has 18 heavy (non-hydrogen) atoms. The maximum atomic E-state index is 2.37. The highest BCUT2D eigenvalue weighted by molar-refractivity contribution is 5.59. The van der Waals surface area contributed by atoms with Crippen LogP contribution in [0.15, 0.2) is 23.9 Å². The molecule has 0 fully saturated rings. The molecular formula is C17H27N. The van der Waals surface area contributed by atoms with Crippen molar-refractivity contribution in [1.29, 1.82) is 0 Å². The van der Waals surface area contributed by atoms with E-state index in [0.717, 1.165) is 6.42 Å². The van der Waals surface area contributed by atoms with Crippen LogP contribution in [-0.2, 0) is 13.5 Å². The Morgan fingerprint density at radius 2 is 1.78 bits per heavy atom. The zero-order valence-electron chi connectivity index (χ0n) is 13.0. The highest BCUT2D eigenvalue weighted by Gasteiger charge is 2.17. The molecule has 0 N–H and O–H groups in total. The van der Waals surface area contributed by atoms with Crippen LogP contribution in [0.3, 0.4) is 0 Å². The molecule has 1 nitrogen and oxygen atoms in total. The van der Waals surface area contributed by atoms with Gasteiger partial charge in [-0.2, -0.15) is 0 Å². The molecule has 0 saturated heterocycles. The van der Waals surface area contributed by atoms with E-state index in [4.69, 9.17) is 0 Å². The van der Waals surface area contributed by atoms with E-state index in [-0.39, 0.29) is 5.41 Å². The number of aromatic nitrogens is 1. The second-order valence-corrected chi connectivity index (χ2v) is 5.61. The summed E-state index contributed by atoms with van der Waals surface area (Å²) in [5.74, 6) is 0. The molecule has 0 aliphatic heterocycles. The molecule has 100 valence electrons. The zero-order chi connectivity index (χ0) is 13.9. The van der Waals surface area contributed by atoms with Crippen LogP contribution in [0.25, 0.3) is 6.08 Å². The smallest absolute Gasteiger partial charge is 0.0288 e. The molecule has 0 aromatic carbocycles. The molecule has 0 atom stereocenters. The van der Waals surface area contributed by atoms with Crippen LogP contribution in [-0.4, -0.2) is 4.57 Å². The van der Waals surface area contributed by atoms with E-state index in [2.05, 4.69) is 63.7 Å². The lowest BCUT2D eigenvalue weighted by atomic mass is 9.86. The first kappa shape index (κ1) is 14.8. The Kier molecular flexibility index (Phi) is 4.61. The van der Waals surface area contributed by atoms with Crippen molar-refractivity contribution in [1.82, 2.24) is 4.57 Å². The van der Waals surface area contributed by atoms with E-state index >= 15 is 0 Å². The summed E-state index contributed by atoms with van der Waals surface area (Å²) >= 11 is 0. The summed E-state index contributed by atoms with van der Waals surface area (Å²) in [6.07, 6.45) is 10.2. The van der Waals surface area contributed by atoms with Crippen molar-refractivity contribution in [2.75, 3.05) is 0 Å². The average Bonchev–Trinajstić information content (AvgIpc) is 2.51. The summed E-state index contributed by atoms with van der Waals surface area (Å²) in [4.78, 5) is 0. The second-order valence-electron chi connectivity index (χ2n) is 5.61. The van der Waals surface area contributed by atoms with Gasteiger partial charge in [0.05, 0.1) is 0 Å². The normalized spacial score (nSPS) is 18.7. The van der Waals surface area contributed by atoms with Gasteiger partial charge in [-0.3, -0.25) is 0 Å². The van der Waals surface area contributed by atoms with E-state index in [0.29, 0.717) is 0 Å². The second kappa shape index (κ2) is 5.60. The minimum atomic E-state index is 0.171. The highest BCUT2D eigenvalue weighted by atomic mass is 14.9. The predicted octanol–water partition coefficient (Wildman–Crippen LogP) is 4.90. The van der Waals surface area contributed by atoms with Crippen molar-refractivity contribution in [2.24, 2.45) is 12.5 Å². The van der Waals surface area contributed by atoms with Crippen molar-refractivity contribution in [3.63, 3.8) is 0 Å². The van der Waals surface area contributed by atoms with E-state index in [1.165, 1.54) is 22.4 Å². The van der Waals surface area contributed by atoms with Gasteiger partial charge < -0.3 is 4.57 Å². The van der Waals surface area contributed by atoms with E-state index in [1.54, 1.807) is 0 Å². The molecule has 0 amide bonds. The number of aryl methyl sites for hydroxylation is 2. The Hall–Kier alpha value is -1.24. The van der Waals surface area contributed by atoms with E-state index in [1.807, 2.05) is 13.8 Å². The number of hydrogen-bond acceptors (Lipinski definition) is 0. The van der Waals surface area contributed by atoms with Crippen LogP contribution >= 0.6 is 0 Å². The molecule has 0 saturated carbocycles. The summed E-state index contributed by atoms with van der Waals surface area (Å²) in [6, 6.07) is 0. The first-order valence-electron chi connectivity index (χ1n) is 6.91. The number of allylic oxidation sites excluding steroid dienone is 3. The van der Waals surface area contributed by atoms with Gasteiger partial charge in [-0.05, 0) is 25.0 Å². The fourth-order valence-electron chi connectivity index (χ4n) is 2.60. The zero-order valence-corrected chi connectivity index (χ0v) is 13.0. The third-order valence-electron chi connectivity index (χ3n) is 3.29. The minimum absolute atomic E-state index is 0.171. The lowest BCUT2D eigenvalue weighted by Crippen LogP contribution is -2.08. The molecule has 2 rings (SSSR count). The lowest BCUT2D eigenvalue weighted by Gasteiger charge is -2.20. The van der Waals surface area contributed by atoms with Gasteiger partial charge in [0.25, 0.3) is 0 Å². The quantitative estimate of drug-likeness (QED) is 0.573. The fraction of sp³-hybridized carbons (Fsp3) is 0.529. The van der Waals surface area contributed by atoms with Crippen LogP contribution < -0.4 is 0 Å². The van der Waals surface area contributed by atoms with Crippen LogP contribution in [0.1, 0.15) is 51.4 Å². The summed E-state index contributed by atoms with van der Waals surface area (Å²) in [5.41, 5.74) is 5.83. The van der Waals surface area contributed by atoms with E-state index in [9.17, 15) is 0 Å². The molecule has 1 aliphatic carbocycles. The molecule has 1 aliphatic rings. The molecule has 1 aromatic rings. The van der Waals surface area contributed by atoms with Gasteiger partial charge >= 0.3 is 0 Å². The third kappa shape index (κ3) is 3.16. The number of nitrogens with zero attached hydrogens (tertiary/aromatic N) is 1. The molecule has 0 radical (unpaired) electrons. The molecule has 1 heterocycles. The minimum Gasteiger partial charge on any atom is -0.353 e. The maximum absolute atomic E-state index is 2.37. The van der Waals surface area contributed by atoms with Crippen LogP contribution in [0.5, 0.6) is 0 Å². The Bertz CT molecular complexity index is 470. The van der Waals surface area contributed by atoms with Gasteiger partial charge in [-0.15, -0.1) is 0 Å². The van der Waals surface area contributed by atoms with Gasteiger partial charge in [0.15, 0.2) is 0 Å². The number of hydrogen-bond donors (Lipinski definition) is 0. The standard InChI is InChI=1S/C15H21N.C2H6/c1-11-8-14-13(12(2)10-16(14)5)6-7-15(3,4)9-11;1-2/h6-7,9-10H,8H2,1-5H3;1-2H3/b7-6-,11-9?;. The number of rotatable bonds is 0. The van der Waals surface area contributed by atoms with Crippen molar-refractivity contribution in [3.05, 3.63) is 40.7 Å². The Morgan fingerprint density at radius 1 is 1.17 bits per heavy atom. The van der Waals surface area contributed by atoms with E-state index < -0.39 is 0 Å². The first-order chi connectivity index (χ1) is 8.39. The summed E-state index contributed by atoms with van der Waals surface area (Å²) in [7, 11) is 2.14. The molecule has 1 heteroatoms. The SMILES string of the molecule is CC.CC1=CC(C)(C)/C=C\c2c(C)cn(C)c2C1. The predicted molar refractivity (Wildman–Crippen MR) is 81.8 cm³/mol. The van der Waals surface area contributed by atoms with Crippen LogP contribution in [0, 0.1) is 12.3 Å². The molecule has 1 aromatic heterocycles. The maximum Gasteiger partial charge on any atom is 0.0288 e. The van der Waals surface area contributed by atoms with Crippen LogP contribution in [0.4, 0.5) is 0 Å². The average molecular weight is 245 g/mol. The third-order valence-corrected chi connectivity index (χ3v) is 3.29. The number of fused-ring (bicyclic) bond motifs is 1. The first-order valence-corrected chi connectivity index (χ1v) is 6.91. The Balaban J connectivity index is 0.000000771. The van der Waals surface area contributed by atoms with Gasteiger partial charge in [0.1, 0.15) is 0 Å². The van der Waals surface area contributed by atoms with Gasteiger partial charge in [0.2, 0.25) is 0 Å². The van der Waals surface area contributed by atoms with Gasteiger partial charge in [0, 0.05) is 30.8 Å². The molecular weight excluding hydrogens is 218 g/mol. The van der Waals surface area contributed by atoms with Crippen molar-refractivity contribution in [2.45, 2.75) is 48.0 Å². The van der Waals surface area contributed by atoms with Gasteiger partial charge in [-0.1, -0.05) is 51.5 Å². The lowest BCUT2D eigenvalue weighted by molar-refractivity contribution is 0.619. The Labute approximate surface area is 112 Å². The van der Waals surface area contributed by atoms with Crippen molar-refractivity contribution in [3.8, 4) is 0 Å². The Morgan fingerprint density at radius 3 is 2.39 bits per heavy atom. The van der Waals surface area contributed by atoms with Crippen molar-refractivity contribution < 1.29 is 0 Å². The topological polar surface area (TPSA) is 4.93 Å². The molecule has 0 bridgehead atoms. The summed E-state index contributed by atoms with van der Waals surface area (Å²) < 4.78 is 2.25. The molecule has 0 spiro atoms. The largest absolute Gasteiger partial charge is 0.353 e.